The first-order valence-corrected chi connectivity index (χ1v) is 10.2. The molecule has 1 N–H and O–H groups in total. The lowest BCUT2D eigenvalue weighted by atomic mass is 10.0. The summed E-state index contributed by atoms with van der Waals surface area (Å²) in [5, 5.41) is 5.22. The zero-order valence-corrected chi connectivity index (χ0v) is 16.2. The summed E-state index contributed by atoms with van der Waals surface area (Å²) < 4.78 is 0. The van der Waals surface area contributed by atoms with E-state index < -0.39 is 0 Å². The predicted octanol–water partition coefficient (Wildman–Crippen LogP) is 4.58. The van der Waals surface area contributed by atoms with Gasteiger partial charge in [0.25, 0.3) is 5.91 Å². The van der Waals surface area contributed by atoms with Crippen LogP contribution in [-0.4, -0.2) is 35.4 Å². The van der Waals surface area contributed by atoms with Gasteiger partial charge in [-0.15, -0.1) is 0 Å². The molecule has 0 radical (unpaired) electrons. The highest BCUT2D eigenvalue weighted by atomic mass is 16.1. The topological polar surface area (TPSA) is 45.2 Å². The Morgan fingerprint density at radius 2 is 1.61 bits per heavy atom. The Hall–Kier alpha value is -2.72. The van der Waals surface area contributed by atoms with Gasteiger partial charge in [0.15, 0.2) is 0 Å². The molecular formula is C24H27N3O. The van der Waals surface area contributed by atoms with Crippen LogP contribution >= 0.6 is 0 Å². The van der Waals surface area contributed by atoms with Gasteiger partial charge in [0, 0.05) is 18.1 Å². The van der Waals surface area contributed by atoms with Crippen molar-refractivity contribution in [3.05, 3.63) is 78.1 Å². The number of rotatable bonds is 5. The van der Waals surface area contributed by atoms with Crippen LogP contribution < -0.4 is 5.32 Å². The third-order valence-corrected chi connectivity index (χ3v) is 5.59. The molecule has 4 nitrogen and oxygen atoms in total. The summed E-state index contributed by atoms with van der Waals surface area (Å²) in [6, 6.07) is 20.6. The predicted molar refractivity (Wildman–Crippen MR) is 113 cm³/mol. The summed E-state index contributed by atoms with van der Waals surface area (Å²) in [7, 11) is 0. The van der Waals surface area contributed by atoms with Gasteiger partial charge in [-0.2, -0.15) is 0 Å². The number of nitrogens with one attached hydrogen (secondary N) is 1. The van der Waals surface area contributed by atoms with E-state index in [4.69, 9.17) is 0 Å². The van der Waals surface area contributed by atoms with E-state index in [2.05, 4.69) is 39.5 Å². The third kappa shape index (κ3) is 4.39. The number of hydrogen-bond acceptors (Lipinski definition) is 3. The Morgan fingerprint density at radius 1 is 0.929 bits per heavy atom. The van der Waals surface area contributed by atoms with Crippen molar-refractivity contribution in [2.45, 2.75) is 31.7 Å². The minimum Gasteiger partial charge on any atom is -0.349 e. The van der Waals surface area contributed by atoms with E-state index in [1.165, 1.54) is 31.2 Å². The molecule has 28 heavy (non-hydrogen) atoms. The van der Waals surface area contributed by atoms with E-state index in [9.17, 15) is 4.79 Å². The Morgan fingerprint density at radius 3 is 2.36 bits per heavy atom. The van der Waals surface area contributed by atoms with Crippen LogP contribution in [0.25, 0.3) is 10.8 Å². The van der Waals surface area contributed by atoms with Gasteiger partial charge in [0.2, 0.25) is 0 Å². The van der Waals surface area contributed by atoms with Gasteiger partial charge in [0.1, 0.15) is 5.69 Å². The number of hydrogen-bond donors (Lipinski definition) is 1. The summed E-state index contributed by atoms with van der Waals surface area (Å²) in [5.74, 6) is -0.110. The van der Waals surface area contributed by atoms with Crippen molar-refractivity contribution in [3.8, 4) is 0 Å². The van der Waals surface area contributed by atoms with Crippen molar-refractivity contribution < 1.29 is 4.79 Å². The number of aromatic nitrogens is 1. The van der Waals surface area contributed by atoms with Gasteiger partial charge < -0.3 is 5.32 Å². The lowest BCUT2D eigenvalue weighted by Gasteiger charge is -2.31. The summed E-state index contributed by atoms with van der Waals surface area (Å²) in [6.07, 6.45) is 6.82. The third-order valence-electron chi connectivity index (χ3n) is 5.59. The van der Waals surface area contributed by atoms with Gasteiger partial charge in [-0.25, -0.2) is 0 Å². The van der Waals surface area contributed by atoms with Gasteiger partial charge in [-0.1, -0.05) is 67.4 Å². The van der Waals surface area contributed by atoms with Crippen LogP contribution in [0.3, 0.4) is 0 Å². The summed E-state index contributed by atoms with van der Waals surface area (Å²) in [4.78, 5) is 19.7. The average molecular weight is 374 g/mol. The molecule has 0 spiro atoms. The van der Waals surface area contributed by atoms with E-state index in [0.717, 1.165) is 23.9 Å². The second-order valence-electron chi connectivity index (χ2n) is 7.50. The van der Waals surface area contributed by atoms with Crippen LogP contribution in [0.4, 0.5) is 0 Å². The molecule has 1 amide bonds. The lowest BCUT2D eigenvalue weighted by Crippen LogP contribution is -2.38. The van der Waals surface area contributed by atoms with E-state index in [-0.39, 0.29) is 11.9 Å². The zero-order chi connectivity index (χ0) is 19.2. The second-order valence-corrected chi connectivity index (χ2v) is 7.50. The highest BCUT2D eigenvalue weighted by molar-refractivity contribution is 5.96. The Kier molecular flexibility index (Phi) is 5.98. The molecule has 1 aromatic heterocycles. The van der Waals surface area contributed by atoms with Crippen molar-refractivity contribution in [1.29, 1.82) is 0 Å². The Bertz CT molecular complexity index is 917. The number of benzene rings is 2. The van der Waals surface area contributed by atoms with E-state index in [1.807, 2.05) is 36.4 Å². The molecule has 1 aliphatic rings. The highest BCUT2D eigenvalue weighted by Gasteiger charge is 2.22. The molecule has 4 rings (SSSR count). The first kappa shape index (κ1) is 18.6. The minimum atomic E-state index is -0.110. The number of carbonyl (C=O) groups excluding carboxylic acids is 1. The molecule has 3 aromatic rings. The summed E-state index contributed by atoms with van der Waals surface area (Å²) in [5.41, 5.74) is 1.73. The number of fused-ring (bicyclic) bond motifs is 1. The maximum Gasteiger partial charge on any atom is 0.269 e. The number of nitrogens with zero attached hydrogens (tertiary/aromatic N) is 2. The lowest BCUT2D eigenvalue weighted by molar-refractivity contribution is 0.0928. The minimum absolute atomic E-state index is 0.110. The molecule has 4 heteroatoms. The standard InChI is InChI=1S/C24H27N3O/c28-24(22-16-20-12-6-7-13-21(20)17-25-22)26-18-23(19-10-4-3-5-11-19)27-14-8-1-2-9-15-27/h3-7,10-13,16-17,23H,1-2,8-9,14-15,18H2,(H,26,28). The van der Waals surface area contributed by atoms with Crippen LogP contribution in [0, 0.1) is 0 Å². The van der Waals surface area contributed by atoms with Gasteiger partial charge in [-0.05, 0) is 42.9 Å². The monoisotopic (exact) mass is 373 g/mol. The fourth-order valence-corrected chi connectivity index (χ4v) is 4.03. The second kappa shape index (κ2) is 8.98. The summed E-state index contributed by atoms with van der Waals surface area (Å²) >= 11 is 0. The fraction of sp³-hybridized carbons (Fsp3) is 0.333. The molecule has 1 atom stereocenters. The molecule has 0 saturated carbocycles. The van der Waals surface area contributed by atoms with Crippen molar-refractivity contribution >= 4 is 16.7 Å². The van der Waals surface area contributed by atoms with Crippen molar-refractivity contribution in [1.82, 2.24) is 15.2 Å². The molecule has 1 aliphatic heterocycles. The SMILES string of the molecule is O=C(NCC(c1ccccc1)N1CCCCCC1)c1cc2ccccc2cn1. The van der Waals surface area contributed by atoms with Crippen LogP contribution in [0.5, 0.6) is 0 Å². The molecule has 0 bridgehead atoms. The molecule has 1 fully saturated rings. The highest BCUT2D eigenvalue weighted by Crippen LogP contribution is 2.24. The zero-order valence-electron chi connectivity index (χ0n) is 16.2. The van der Waals surface area contributed by atoms with Crippen molar-refractivity contribution in [2.75, 3.05) is 19.6 Å². The maximum absolute atomic E-state index is 12.8. The van der Waals surface area contributed by atoms with Crippen molar-refractivity contribution in [2.24, 2.45) is 0 Å². The molecule has 144 valence electrons. The number of amides is 1. The normalized spacial score (nSPS) is 16.4. The van der Waals surface area contributed by atoms with Crippen LogP contribution in [0.2, 0.25) is 0 Å². The van der Waals surface area contributed by atoms with E-state index in [0.29, 0.717) is 12.2 Å². The smallest absolute Gasteiger partial charge is 0.269 e. The number of carbonyl (C=O) groups is 1. The maximum atomic E-state index is 12.8. The quantitative estimate of drug-likeness (QED) is 0.712. The average Bonchev–Trinajstić information content (AvgIpc) is 3.04. The molecule has 1 saturated heterocycles. The first-order chi connectivity index (χ1) is 13.8. The molecule has 0 aliphatic carbocycles. The molecule has 1 unspecified atom stereocenters. The van der Waals surface area contributed by atoms with Gasteiger partial charge >= 0.3 is 0 Å². The van der Waals surface area contributed by atoms with E-state index >= 15 is 0 Å². The molecule has 2 aromatic carbocycles. The largest absolute Gasteiger partial charge is 0.349 e. The summed E-state index contributed by atoms with van der Waals surface area (Å²) in [6.45, 7) is 2.77. The van der Waals surface area contributed by atoms with Crippen LogP contribution in [0.15, 0.2) is 66.9 Å². The molecular weight excluding hydrogens is 346 g/mol. The molecule has 2 heterocycles. The van der Waals surface area contributed by atoms with Crippen LogP contribution in [-0.2, 0) is 0 Å². The van der Waals surface area contributed by atoms with Gasteiger partial charge in [-0.3, -0.25) is 14.7 Å². The van der Waals surface area contributed by atoms with Gasteiger partial charge in [0.05, 0.1) is 6.04 Å². The Balaban J connectivity index is 1.50. The van der Waals surface area contributed by atoms with Crippen molar-refractivity contribution in [3.63, 3.8) is 0 Å². The van der Waals surface area contributed by atoms with E-state index in [1.54, 1.807) is 6.20 Å². The van der Waals surface area contributed by atoms with Crippen LogP contribution in [0.1, 0.15) is 47.8 Å². The number of likely N-dealkylation sites (tertiary alicyclic amines) is 1. The fourth-order valence-electron chi connectivity index (χ4n) is 4.03. The first-order valence-electron chi connectivity index (χ1n) is 10.2. The Labute approximate surface area is 166 Å². The number of pyridine rings is 1.